The average Bonchev–Trinajstić information content (AvgIpc) is 2.61. The number of para-hydroxylation sites is 1. The van der Waals surface area contributed by atoms with Gasteiger partial charge in [0.2, 0.25) is 0 Å². The van der Waals surface area contributed by atoms with Gasteiger partial charge in [0, 0.05) is 18.1 Å². The Bertz CT molecular complexity index is 811. The summed E-state index contributed by atoms with van der Waals surface area (Å²) in [6.07, 6.45) is 4.65. The van der Waals surface area contributed by atoms with Gasteiger partial charge in [-0.1, -0.05) is 18.2 Å². The fraction of sp³-hybridized carbons (Fsp3) is 0.111. The first-order valence-corrected chi connectivity index (χ1v) is 7.46. The number of benzene rings is 1. The monoisotopic (exact) mass is 320 g/mol. The Balaban J connectivity index is 1.82. The Hall–Kier alpha value is -3.28. The molecular formula is C18H16N4O2. The second-order valence-electron chi connectivity index (χ2n) is 5.17. The molecule has 3 rings (SSSR count). The molecule has 0 fully saturated rings. The number of nitrogens with zero attached hydrogens (tertiary/aromatic N) is 3. The van der Waals surface area contributed by atoms with Crippen molar-refractivity contribution < 1.29 is 9.90 Å². The molecule has 1 aromatic heterocycles. The maximum absolute atomic E-state index is 12.5. The summed E-state index contributed by atoms with van der Waals surface area (Å²) in [6.45, 7) is 0.648. The molecule has 0 unspecified atom stereocenters. The van der Waals surface area contributed by atoms with Crippen molar-refractivity contribution >= 4 is 23.5 Å². The molecule has 0 saturated heterocycles. The van der Waals surface area contributed by atoms with Crippen LogP contribution in [0, 0.1) is 0 Å². The molecule has 0 spiro atoms. The van der Waals surface area contributed by atoms with E-state index in [1.54, 1.807) is 24.5 Å². The van der Waals surface area contributed by atoms with Crippen LogP contribution in [0.3, 0.4) is 0 Å². The Morgan fingerprint density at radius 2 is 1.92 bits per heavy atom. The number of anilines is 1. The number of aliphatic imine (C=N–C) groups is 2. The molecule has 0 bridgehead atoms. The van der Waals surface area contributed by atoms with Crippen LogP contribution in [0.4, 0.5) is 5.69 Å². The quantitative estimate of drug-likeness (QED) is 0.907. The van der Waals surface area contributed by atoms with Crippen LogP contribution in [-0.2, 0) is 11.3 Å². The summed E-state index contributed by atoms with van der Waals surface area (Å²) in [6, 6.07) is 12.8. The number of aliphatic hydroxyl groups excluding tert-OH is 1. The van der Waals surface area contributed by atoms with Gasteiger partial charge in [0.1, 0.15) is 11.3 Å². The number of allylic oxidation sites excluding steroid dienone is 1. The second-order valence-corrected chi connectivity index (χ2v) is 5.17. The van der Waals surface area contributed by atoms with Gasteiger partial charge in [-0.15, -0.1) is 0 Å². The van der Waals surface area contributed by atoms with E-state index >= 15 is 0 Å². The highest BCUT2D eigenvalue weighted by Crippen LogP contribution is 2.14. The van der Waals surface area contributed by atoms with Crippen LogP contribution in [-0.4, -0.2) is 34.5 Å². The van der Waals surface area contributed by atoms with Crippen molar-refractivity contribution in [3.05, 3.63) is 71.8 Å². The molecule has 2 N–H and O–H groups in total. The highest BCUT2D eigenvalue weighted by molar-refractivity contribution is 6.29. The lowest BCUT2D eigenvalue weighted by Crippen LogP contribution is -2.27. The number of pyridine rings is 1. The molecule has 120 valence electrons. The van der Waals surface area contributed by atoms with Gasteiger partial charge in [-0.2, -0.15) is 0 Å². The maximum Gasteiger partial charge on any atom is 0.261 e. The van der Waals surface area contributed by atoms with E-state index in [1.165, 1.54) is 6.21 Å². The predicted octanol–water partition coefficient (Wildman–Crippen LogP) is 2.56. The molecular weight excluding hydrogens is 304 g/mol. The number of carbonyl (C=O) groups excluding carboxylic acids is 1. The molecule has 0 radical (unpaired) electrons. The number of nitrogens with one attached hydrogen (secondary N) is 1. The van der Waals surface area contributed by atoms with Gasteiger partial charge in [0.05, 0.1) is 25.0 Å². The standard InChI is InChI=1S/C18H16N4O2/c23-16-12-20-11-15(21-10-13-6-8-19-9-7-13)17(16)18(24)22-14-4-2-1-3-5-14/h1-9,12,23H,10-11H2,(H,22,24). The lowest BCUT2D eigenvalue weighted by molar-refractivity contribution is -0.112. The fourth-order valence-corrected chi connectivity index (χ4v) is 2.28. The van der Waals surface area contributed by atoms with Gasteiger partial charge in [-0.05, 0) is 29.8 Å². The molecule has 2 heterocycles. The zero-order valence-corrected chi connectivity index (χ0v) is 12.9. The number of carbonyl (C=O) groups is 1. The third kappa shape index (κ3) is 3.73. The van der Waals surface area contributed by atoms with E-state index in [1.807, 2.05) is 30.3 Å². The molecule has 1 amide bonds. The van der Waals surface area contributed by atoms with Crippen LogP contribution >= 0.6 is 0 Å². The van der Waals surface area contributed by atoms with Gasteiger partial charge in [-0.3, -0.25) is 19.8 Å². The number of hydrogen-bond acceptors (Lipinski definition) is 5. The van der Waals surface area contributed by atoms with Crippen LogP contribution in [0.15, 0.2) is 76.2 Å². The highest BCUT2D eigenvalue weighted by atomic mass is 16.3. The minimum absolute atomic E-state index is 0.155. The minimum atomic E-state index is -0.404. The van der Waals surface area contributed by atoms with Gasteiger partial charge < -0.3 is 10.4 Å². The van der Waals surface area contributed by atoms with Crippen molar-refractivity contribution in [3.8, 4) is 0 Å². The number of aliphatic hydroxyl groups is 1. The lowest BCUT2D eigenvalue weighted by atomic mass is 10.1. The van der Waals surface area contributed by atoms with Crippen molar-refractivity contribution in [2.75, 3.05) is 11.9 Å². The van der Waals surface area contributed by atoms with Crippen LogP contribution in [0.25, 0.3) is 0 Å². The number of amides is 1. The Morgan fingerprint density at radius 1 is 1.17 bits per heavy atom. The molecule has 1 aliphatic rings. The largest absolute Gasteiger partial charge is 0.505 e. The number of hydrogen-bond donors (Lipinski definition) is 2. The van der Waals surface area contributed by atoms with Crippen molar-refractivity contribution in [1.29, 1.82) is 0 Å². The van der Waals surface area contributed by atoms with E-state index in [2.05, 4.69) is 20.3 Å². The van der Waals surface area contributed by atoms with E-state index in [0.29, 0.717) is 17.9 Å². The van der Waals surface area contributed by atoms with Crippen LogP contribution in [0.5, 0.6) is 0 Å². The summed E-state index contributed by atoms with van der Waals surface area (Å²) in [4.78, 5) is 25.0. The number of rotatable bonds is 4. The first kappa shape index (κ1) is 15.6. The van der Waals surface area contributed by atoms with Gasteiger partial charge in [-0.25, -0.2) is 0 Å². The van der Waals surface area contributed by atoms with Gasteiger partial charge in [0.15, 0.2) is 0 Å². The molecule has 24 heavy (non-hydrogen) atoms. The topological polar surface area (TPSA) is 86.9 Å². The Labute approximate surface area is 139 Å². The van der Waals surface area contributed by atoms with E-state index < -0.39 is 5.91 Å². The van der Waals surface area contributed by atoms with E-state index in [4.69, 9.17) is 0 Å². The first-order chi connectivity index (χ1) is 11.7. The van der Waals surface area contributed by atoms with E-state index in [0.717, 1.165) is 5.56 Å². The molecule has 0 atom stereocenters. The summed E-state index contributed by atoms with van der Waals surface area (Å²) >= 11 is 0. The summed E-state index contributed by atoms with van der Waals surface area (Å²) in [5.41, 5.74) is 2.23. The molecule has 6 heteroatoms. The molecule has 0 aliphatic carbocycles. The number of dihydropyridines is 1. The molecule has 1 aliphatic heterocycles. The third-order valence-corrected chi connectivity index (χ3v) is 3.46. The fourth-order valence-electron chi connectivity index (χ4n) is 2.28. The van der Waals surface area contributed by atoms with Crippen LogP contribution < -0.4 is 5.32 Å². The van der Waals surface area contributed by atoms with Crippen molar-refractivity contribution in [2.24, 2.45) is 9.98 Å². The zero-order chi connectivity index (χ0) is 16.8. The lowest BCUT2D eigenvalue weighted by Gasteiger charge is -2.14. The summed E-state index contributed by atoms with van der Waals surface area (Å²) in [7, 11) is 0. The SMILES string of the molecule is O=C(Nc1ccccc1)C1=C(O)C=NCC1=NCc1ccncc1. The Morgan fingerprint density at radius 3 is 2.67 bits per heavy atom. The second kappa shape index (κ2) is 7.32. The predicted molar refractivity (Wildman–Crippen MR) is 93.5 cm³/mol. The summed E-state index contributed by atoms with van der Waals surface area (Å²) in [5.74, 6) is -0.582. The highest BCUT2D eigenvalue weighted by Gasteiger charge is 2.23. The minimum Gasteiger partial charge on any atom is -0.505 e. The maximum atomic E-state index is 12.5. The molecule has 1 aromatic carbocycles. The zero-order valence-electron chi connectivity index (χ0n) is 12.9. The van der Waals surface area contributed by atoms with Crippen molar-refractivity contribution in [1.82, 2.24) is 4.98 Å². The molecule has 2 aromatic rings. The molecule has 6 nitrogen and oxygen atoms in total. The summed E-state index contributed by atoms with van der Waals surface area (Å²) in [5, 5.41) is 12.8. The van der Waals surface area contributed by atoms with Gasteiger partial charge >= 0.3 is 0 Å². The molecule has 0 saturated carbocycles. The van der Waals surface area contributed by atoms with Gasteiger partial charge in [0.25, 0.3) is 5.91 Å². The third-order valence-electron chi connectivity index (χ3n) is 3.46. The van der Waals surface area contributed by atoms with Crippen molar-refractivity contribution in [2.45, 2.75) is 6.54 Å². The summed E-state index contributed by atoms with van der Waals surface area (Å²) < 4.78 is 0. The van der Waals surface area contributed by atoms with Crippen LogP contribution in [0.2, 0.25) is 0 Å². The van der Waals surface area contributed by atoms with Crippen LogP contribution in [0.1, 0.15) is 5.56 Å². The average molecular weight is 320 g/mol. The smallest absolute Gasteiger partial charge is 0.261 e. The van der Waals surface area contributed by atoms with Crippen molar-refractivity contribution in [3.63, 3.8) is 0 Å². The van der Waals surface area contributed by atoms with E-state index in [9.17, 15) is 9.90 Å². The normalized spacial score (nSPS) is 15.6. The Kier molecular flexibility index (Phi) is 4.76. The number of aromatic nitrogens is 1. The first-order valence-electron chi connectivity index (χ1n) is 7.46. The van der Waals surface area contributed by atoms with E-state index in [-0.39, 0.29) is 17.9 Å².